The van der Waals surface area contributed by atoms with Crippen LogP contribution in [-0.2, 0) is 18.4 Å². The van der Waals surface area contributed by atoms with Crippen LogP contribution in [0.25, 0.3) is 11.0 Å². The van der Waals surface area contributed by atoms with Crippen LogP contribution in [0.1, 0.15) is 17.2 Å². The van der Waals surface area contributed by atoms with Crippen molar-refractivity contribution in [2.45, 2.75) is 20.4 Å². The first kappa shape index (κ1) is 21.2. The second kappa shape index (κ2) is 8.61. The number of aryl methyl sites for hydroxylation is 3. The maximum atomic E-state index is 12.3. The summed E-state index contributed by atoms with van der Waals surface area (Å²) in [6, 6.07) is 12.5. The number of nitrogens with zero attached hydrogens (tertiary/aromatic N) is 4. The summed E-state index contributed by atoms with van der Waals surface area (Å²) in [5.74, 6) is 0.977. The minimum Gasteiger partial charge on any atom is -0.482 e. The predicted octanol–water partition coefficient (Wildman–Crippen LogP) is 4.76. The Bertz CT molecular complexity index is 1280. The maximum absolute atomic E-state index is 12.3. The number of benzene rings is 2. The summed E-state index contributed by atoms with van der Waals surface area (Å²) < 4.78 is 9.44. The number of rotatable bonds is 6. The van der Waals surface area contributed by atoms with E-state index < -0.39 is 0 Å². The lowest BCUT2D eigenvalue weighted by Gasteiger charge is -2.09. The number of anilines is 1. The number of halogens is 2. The van der Waals surface area contributed by atoms with E-state index in [-0.39, 0.29) is 12.5 Å². The van der Waals surface area contributed by atoms with E-state index in [2.05, 4.69) is 10.4 Å². The Morgan fingerprint density at radius 2 is 1.94 bits per heavy atom. The average Bonchev–Trinajstić information content (AvgIpc) is 3.19. The van der Waals surface area contributed by atoms with E-state index in [0.717, 1.165) is 28.2 Å². The van der Waals surface area contributed by atoms with Gasteiger partial charge in [0, 0.05) is 23.5 Å². The van der Waals surface area contributed by atoms with Crippen LogP contribution in [0.4, 0.5) is 5.69 Å². The van der Waals surface area contributed by atoms with Gasteiger partial charge in [-0.3, -0.25) is 9.48 Å². The Hall–Kier alpha value is -3.03. The highest BCUT2D eigenvalue weighted by Crippen LogP contribution is 2.27. The molecule has 0 fully saturated rings. The number of carbonyl (C=O) groups excluding carboxylic acids is 1. The van der Waals surface area contributed by atoms with Gasteiger partial charge in [-0.15, -0.1) is 0 Å². The van der Waals surface area contributed by atoms with Crippen molar-refractivity contribution in [1.29, 1.82) is 0 Å². The number of carbonyl (C=O) groups is 1. The van der Waals surface area contributed by atoms with Crippen molar-refractivity contribution in [2.75, 3.05) is 11.9 Å². The van der Waals surface area contributed by atoms with Crippen molar-refractivity contribution in [3.63, 3.8) is 0 Å². The van der Waals surface area contributed by atoms with E-state index in [1.807, 2.05) is 54.4 Å². The van der Waals surface area contributed by atoms with Gasteiger partial charge in [0.15, 0.2) is 6.61 Å². The van der Waals surface area contributed by atoms with Crippen molar-refractivity contribution < 1.29 is 9.53 Å². The van der Waals surface area contributed by atoms with Gasteiger partial charge in [0.05, 0.1) is 28.3 Å². The van der Waals surface area contributed by atoms with Gasteiger partial charge in [-0.1, -0.05) is 23.2 Å². The lowest BCUT2D eigenvalue weighted by Crippen LogP contribution is -2.20. The number of nitrogens with one attached hydrogen (secondary N) is 1. The lowest BCUT2D eigenvalue weighted by atomic mass is 10.2. The summed E-state index contributed by atoms with van der Waals surface area (Å²) in [5.41, 5.74) is 4.46. The normalized spacial score (nSPS) is 11.1. The summed E-state index contributed by atoms with van der Waals surface area (Å²) in [4.78, 5) is 17.0. The molecule has 0 aliphatic heterocycles. The molecule has 0 bridgehead atoms. The number of aromatic nitrogens is 4. The van der Waals surface area contributed by atoms with Crippen LogP contribution >= 0.6 is 23.2 Å². The second-order valence-corrected chi connectivity index (χ2v) is 8.13. The molecule has 9 heteroatoms. The molecule has 1 amide bonds. The van der Waals surface area contributed by atoms with Crippen LogP contribution in [0.2, 0.25) is 10.0 Å². The zero-order valence-electron chi connectivity index (χ0n) is 17.3. The average molecular weight is 458 g/mol. The number of ether oxygens (including phenoxy) is 1. The van der Waals surface area contributed by atoms with Crippen molar-refractivity contribution in [3.8, 4) is 5.75 Å². The smallest absolute Gasteiger partial charge is 0.262 e. The first-order valence-corrected chi connectivity index (χ1v) is 10.4. The molecule has 2 aromatic carbocycles. The molecule has 2 heterocycles. The van der Waals surface area contributed by atoms with Gasteiger partial charge < -0.3 is 14.6 Å². The van der Waals surface area contributed by atoms with E-state index in [1.54, 1.807) is 18.2 Å². The van der Waals surface area contributed by atoms with Crippen LogP contribution in [-0.4, -0.2) is 31.8 Å². The van der Waals surface area contributed by atoms with Crippen LogP contribution in [0.3, 0.4) is 0 Å². The molecule has 7 nitrogen and oxygen atoms in total. The highest BCUT2D eigenvalue weighted by molar-refractivity contribution is 6.35. The fraction of sp³-hybridized carbons (Fsp3) is 0.227. The molecular formula is C22H21Cl2N5O2. The first-order chi connectivity index (χ1) is 14.8. The minimum absolute atomic E-state index is 0.176. The molecule has 0 unspecified atom stereocenters. The molecule has 4 rings (SSSR count). The molecular weight excluding hydrogens is 437 g/mol. The Morgan fingerprint density at radius 3 is 2.65 bits per heavy atom. The third kappa shape index (κ3) is 4.68. The Balaban J connectivity index is 1.46. The van der Waals surface area contributed by atoms with Gasteiger partial charge in [0.2, 0.25) is 0 Å². The molecule has 0 radical (unpaired) electrons. The zero-order valence-corrected chi connectivity index (χ0v) is 18.8. The van der Waals surface area contributed by atoms with Crippen LogP contribution in [0, 0.1) is 13.8 Å². The molecule has 0 aliphatic rings. The molecule has 0 saturated heterocycles. The molecule has 160 valence electrons. The van der Waals surface area contributed by atoms with Gasteiger partial charge in [0.1, 0.15) is 11.6 Å². The summed E-state index contributed by atoms with van der Waals surface area (Å²) in [6.07, 6.45) is 0. The van der Waals surface area contributed by atoms with Crippen LogP contribution in [0.5, 0.6) is 5.75 Å². The third-order valence-corrected chi connectivity index (χ3v) is 5.43. The predicted molar refractivity (Wildman–Crippen MR) is 122 cm³/mol. The van der Waals surface area contributed by atoms with Crippen molar-refractivity contribution in [1.82, 2.24) is 19.3 Å². The summed E-state index contributed by atoms with van der Waals surface area (Å²) in [5, 5.41) is 8.19. The van der Waals surface area contributed by atoms with Crippen LogP contribution in [0.15, 0.2) is 42.5 Å². The Morgan fingerprint density at radius 1 is 1.13 bits per heavy atom. The van der Waals surface area contributed by atoms with E-state index in [1.165, 1.54) is 0 Å². The first-order valence-electron chi connectivity index (χ1n) is 9.64. The molecule has 1 N–H and O–H groups in total. The molecule has 2 aromatic heterocycles. The largest absolute Gasteiger partial charge is 0.482 e. The van der Waals surface area contributed by atoms with Crippen LogP contribution < -0.4 is 10.1 Å². The Kier molecular flexibility index (Phi) is 5.89. The van der Waals surface area contributed by atoms with Crippen molar-refractivity contribution >= 4 is 45.8 Å². The summed E-state index contributed by atoms with van der Waals surface area (Å²) in [7, 11) is 1.97. The molecule has 0 saturated carbocycles. The summed E-state index contributed by atoms with van der Waals surface area (Å²) in [6.45, 7) is 4.39. The fourth-order valence-corrected chi connectivity index (χ4v) is 3.83. The number of hydrogen-bond donors (Lipinski definition) is 1. The van der Waals surface area contributed by atoms with Gasteiger partial charge in [-0.2, -0.15) is 5.10 Å². The topological polar surface area (TPSA) is 74.0 Å². The van der Waals surface area contributed by atoms with Crippen molar-refractivity contribution in [2.24, 2.45) is 7.05 Å². The number of imidazole rings is 1. The van der Waals surface area contributed by atoms with E-state index >= 15 is 0 Å². The van der Waals surface area contributed by atoms with Gasteiger partial charge in [-0.05, 0) is 56.3 Å². The highest BCUT2D eigenvalue weighted by atomic mass is 35.5. The molecule has 0 aliphatic carbocycles. The van der Waals surface area contributed by atoms with E-state index in [9.17, 15) is 4.79 Å². The SMILES string of the molecule is Cc1cc(C)n(Cc2nc3cc(NC(=O)COc4ccc(Cl)cc4Cl)ccc3n2C)n1. The minimum atomic E-state index is -0.302. The fourth-order valence-electron chi connectivity index (χ4n) is 3.37. The molecule has 4 aromatic rings. The molecule has 0 atom stereocenters. The Labute approximate surface area is 189 Å². The van der Waals surface area contributed by atoms with Gasteiger partial charge in [-0.25, -0.2) is 4.98 Å². The van der Waals surface area contributed by atoms with E-state index in [4.69, 9.17) is 32.9 Å². The standard InChI is InChI=1S/C22H21Cl2N5O2/c1-13-8-14(2)29(27-13)11-21-26-18-10-16(5-6-19(18)28(21)3)25-22(30)12-31-20-7-4-15(23)9-17(20)24/h4-10H,11-12H2,1-3H3,(H,25,30). The third-order valence-electron chi connectivity index (χ3n) is 4.90. The van der Waals surface area contributed by atoms with Gasteiger partial charge >= 0.3 is 0 Å². The number of amides is 1. The molecule has 0 spiro atoms. The number of fused-ring (bicyclic) bond motifs is 1. The maximum Gasteiger partial charge on any atom is 0.262 e. The van der Waals surface area contributed by atoms with Gasteiger partial charge in [0.25, 0.3) is 5.91 Å². The molecule has 31 heavy (non-hydrogen) atoms. The van der Waals surface area contributed by atoms with E-state index in [0.29, 0.717) is 28.0 Å². The highest BCUT2D eigenvalue weighted by Gasteiger charge is 2.12. The second-order valence-electron chi connectivity index (χ2n) is 7.29. The van der Waals surface area contributed by atoms with Crippen molar-refractivity contribution in [3.05, 3.63) is 69.7 Å². The number of hydrogen-bond acceptors (Lipinski definition) is 4. The zero-order chi connectivity index (χ0) is 22.1. The lowest BCUT2D eigenvalue weighted by molar-refractivity contribution is -0.118. The summed E-state index contributed by atoms with van der Waals surface area (Å²) >= 11 is 11.9. The quantitative estimate of drug-likeness (QED) is 0.452. The monoisotopic (exact) mass is 457 g/mol.